The zero-order valence-corrected chi connectivity index (χ0v) is 12.9. The predicted molar refractivity (Wildman–Crippen MR) is 83.7 cm³/mol. The summed E-state index contributed by atoms with van der Waals surface area (Å²) in [6.07, 6.45) is 3.90. The molecule has 0 radical (unpaired) electrons. The van der Waals surface area contributed by atoms with Gasteiger partial charge in [0.2, 0.25) is 5.91 Å². The van der Waals surface area contributed by atoms with Crippen LogP contribution in [-0.4, -0.2) is 43.6 Å². The van der Waals surface area contributed by atoms with E-state index in [1.165, 1.54) is 19.4 Å². The number of carbonyl (C=O) groups is 1. The van der Waals surface area contributed by atoms with Crippen molar-refractivity contribution < 1.29 is 9.53 Å². The Labute approximate surface area is 126 Å². The first kappa shape index (κ1) is 14.4. The van der Waals surface area contributed by atoms with Crippen molar-refractivity contribution >= 4 is 11.6 Å². The van der Waals surface area contributed by atoms with Gasteiger partial charge >= 0.3 is 0 Å². The van der Waals surface area contributed by atoms with Gasteiger partial charge in [0, 0.05) is 32.2 Å². The lowest BCUT2D eigenvalue weighted by Gasteiger charge is -2.18. The minimum absolute atomic E-state index is 0.0349. The number of ether oxygens (including phenoxy) is 1. The Balaban J connectivity index is 1.40. The summed E-state index contributed by atoms with van der Waals surface area (Å²) < 4.78 is 5.78. The van der Waals surface area contributed by atoms with Gasteiger partial charge in [0.25, 0.3) is 0 Å². The van der Waals surface area contributed by atoms with E-state index in [1.54, 1.807) is 18.9 Å². The molecule has 1 saturated carbocycles. The van der Waals surface area contributed by atoms with Crippen LogP contribution in [0.1, 0.15) is 26.2 Å². The second kappa shape index (κ2) is 6.06. The monoisotopic (exact) mass is 288 g/mol. The van der Waals surface area contributed by atoms with Crippen LogP contribution in [-0.2, 0) is 4.79 Å². The van der Waals surface area contributed by atoms with Crippen LogP contribution in [0.4, 0.5) is 5.69 Å². The molecule has 1 aliphatic heterocycles. The predicted octanol–water partition coefficient (Wildman–Crippen LogP) is 2.53. The molecule has 2 aliphatic rings. The van der Waals surface area contributed by atoms with Crippen LogP contribution < -0.4 is 9.64 Å². The van der Waals surface area contributed by atoms with Gasteiger partial charge in [-0.1, -0.05) is 0 Å². The van der Waals surface area contributed by atoms with Crippen LogP contribution in [0.15, 0.2) is 24.3 Å². The Morgan fingerprint density at radius 3 is 2.71 bits per heavy atom. The third-order valence-corrected chi connectivity index (χ3v) is 4.70. The molecule has 2 fully saturated rings. The number of benzene rings is 1. The Bertz CT molecular complexity index is 500. The van der Waals surface area contributed by atoms with E-state index in [0.29, 0.717) is 0 Å². The summed E-state index contributed by atoms with van der Waals surface area (Å²) in [5.41, 5.74) is 0.895. The lowest BCUT2D eigenvalue weighted by Crippen LogP contribution is -2.25. The van der Waals surface area contributed by atoms with Crippen LogP contribution >= 0.6 is 0 Å². The van der Waals surface area contributed by atoms with Crippen molar-refractivity contribution in [2.45, 2.75) is 32.2 Å². The number of piperidine rings is 1. The number of hydrogen-bond acceptors (Lipinski definition) is 3. The van der Waals surface area contributed by atoms with E-state index in [2.05, 4.69) is 4.90 Å². The lowest BCUT2D eigenvalue weighted by molar-refractivity contribution is -0.116. The number of rotatable bonds is 6. The standard InChI is InChI=1S/C17H24N2O2/c1-13(20)18(2)15-4-6-16(7-5-15)21-11-3-9-19-10-8-14-12-17(14)19/h4-7,14,17H,3,8-12H2,1-2H3/t14-,17+/m1/s1. The van der Waals surface area contributed by atoms with E-state index in [-0.39, 0.29) is 5.91 Å². The van der Waals surface area contributed by atoms with E-state index >= 15 is 0 Å². The SMILES string of the molecule is CC(=O)N(C)c1ccc(OCCCN2CC[C@@H]3C[C@@H]32)cc1. The minimum atomic E-state index is 0.0349. The van der Waals surface area contributed by atoms with Gasteiger partial charge < -0.3 is 9.64 Å². The third kappa shape index (κ3) is 3.38. The number of nitrogens with zero attached hydrogens (tertiary/aromatic N) is 2. The van der Waals surface area contributed by atoms with Gasteiger partial charge in [-0.15, -0.1) is 0 Å². The molecule has 0 bridgehead atoms. The Hall–Kier alpha value is -1.55. The van der Waals surface area contributed by atoms with Crippen LogP contribution in [0.3, 0.4) is 0 Å². The molecule has 1 heterocycles. The number of hydrogen-bond donors (Lipinski definition) is 0. The lowest BCUT2D eigenvalue weighted by atomic mass is 10.3. The van der Waals surface area contributed by atoms with E-state index in [4.69, 9.17) is 4.74 Å². The van der Waals surface area contributed by atoms with Gasteiger partial charge in [0.05, 0.1) is 6.61 Å². The van der Waals surface area contributed by atoms with Crippen molar-refractivity contribution in [1.82, 2.24) is 4.90 Å². The topological polar surface area (TPSA) is 32.8 Å². The van der Waals surface area contributed by atoms with Gasteiger partial charge in [0.1, 0.15) is 5.75 Å². The highest BCUT2D eigenvalue weighted by atomic mass is 16.5. The second-order valence-electron chi connectivity index (χ2n) is 6.16. The highest BCUT2D eigenvalue weighted by Crippen LogP contribution is 2.44. The molecular weight excluding hydrogens is 264 g/mol. The van der Waals surface area contributed by atoms with Crippen molar-refractivity contribution in [3.05, 3.63) is 24.3 Å². The highest BCUT2D eigenvalue weighted by Gasteiger charge is 2.46. The molecule has 1 amide bonds. The average Bonchev–Trinajstić information content (AvgIpc) is 3.17. The summed E-state index contributed by atoms with van der Waals surface area (Å²) in [7, 11) is 1.78. The van der Waals surface area contributed by atoms with Crippen LogP contribution in [0.5, 0.6) is 5.75 Å². The molecule has 0 N–H and O–H groups in total. The largest absolute Gasteiger partial charge is 0.494 e. The molecule has 2 atom stereocenters. The van der Waals surface area contributed by atoms with Crippen LogP contribution in [0, 0.1) is 5.92 Å². The molecule has 0 aromatic heterocycles. The van der Waals surface area contributed by atoms with Gasteiger partial charge in [-0.25, -0.2) is 0 Å². The fourth-order valence-electron chi connectivity index (χ4n) is 3.17. The van der Waals surface area contributed by atoms with Crippen molar-refractivity contribution in [3.8, 4) is 5.75 Å². The molecule has 114 valence electrons. The van der Waals surface area contributed by atoms with E-state index in [0.717, 1.165) is 43.0 Å². The zero-order valence-electron chi connectivity index (χ0n) is 12.9. The Morgan fingerprint density at radius 2 is 2.14 bits per heavy atom. The fourth-order valence-corrected chi connectivity index (χ4v) is 3.17. The number of likely N-dealkylation sites (tertiary alicyclic amines) is 1. The molecule has 1 aromatic rings. The van der Waals surface area contributed by atoms with E-state index < -0.39 is 0 Å². The maximum absolute atomic E-state index is 11.3. The van der Waals surface area contributed by atoms with Gasteiger partial charge in [-0.05, 0) is 56.0 Å². The highest BCUT2D eigenvalue weighted by molar-refractivity contribution is 5.90. The summed E-state index contributed by atoms with van der Waals surface area (Å²) in [5, 5.41) is 0. The van der Waals surface area contributed by atoms with Crippen molar-refractivity contribution in [2.24, 2.45) is 5.92 Å². The second-order valence-corrected chi connectivity index (χ2v) is 6.16. The van der Waals surface area contributed by atoms with Crippen molar-refractivity contribution in [2.75, 3.05) is 31.6 Å². The third-order valence-electron chi connectivity index (χ3n) is 4.70. The molecule has 1 saturated heterocycles. The first-order valence-electron chi connectivity index (χ1n) is 7.86. The van der Waals surface area contributed by atoms with E-state index in [9.17, 15) is 4.79 Å². The molecule has 4 heteroatoms. The summed E-state index contributed by atoms with van der Waals surface area (Å²) in [4.78, 5) is 15.5. The first-order chi connectivity index (χ1) is 10.1. The average molecular weight is 288 g/mol. The zero-order chi connectivity index (χ0) is 14.8. The molecule has 1 aromatic carbocycles. The Morgan fingerprint density at radius 1 is 1.38 bits per heavy atom. The molecule has 0 unspecified atom stereocenters. The Kier molecular flexibility index (Phi) is 4.15. The quantitative estimate of drug-likeness (QED) is 0.754. The maximum atomic E-state index is 11.3. The maximum Gasteiger partial charge on any atom is 0.223 e. The molecule has 4 nitrogen and oxygen atoms in total. The van der Waals surface area contributed by atoms with Gasteiger partial charge in [-0.3, -0.25) is 9.69 Å². The van der Waals surface area contributed by atoms with Crippen LogP contribution in [0.2, 0.25) is 0 Å². The molecule has 3 rings (SSSR count). The van der Waals surface area contributed by atoms with Crippen molar-refractivity contribution in [3.63, 3.8) is 0 Å². The normalized spacial score (nSPS) is 23.7. The molecule has 0 spiro atoms. The smallest absolute Gasteiger partial charge is 0.223 e. The fraction of sp³-hybridized carbons (Fsp3) is 0.588. The summed E-state index contributed by atoms with van der Waals surface area (Å²) in [5.74, 6) is 1.92. The van der Waals surface area contributed by atoms with Crippen molar-refractivity contribution in [1.29, 1.82) is 0 Å². The number of anilines is 1. The van der Waals surface area contributed by atoms with E-state index in [1.807, 2.05) is 24.3 Å². The van der Waals surface area contributed by atoms with Crippen LogP contribution in [0.25, 0.3) is 0 Å². The summed E-state index contributed by atoms with van der Waals surface area (Å²) in [6.45, 7) is 4.76. The number of fused-ring (bicyclic) bond motifs is 1. The minimum Gasteiger partial charge on any atom is -0.494 e. The number of carbonyl (C=O) groups excluding carboxylic acids is 1. The summed E-state index contributed by atoms with van der Waals surface area (Å²) >= 11 is 0. The molecule has 21 heavy (non-hydrogen) atoms. The van der Waals surface area contributed by atoms with Gasteiger partial charge in [-0.2, -0.15) is 0 Å². The molecule has 1 aliphatic carbocycles. The van der Waals surface area contributed by atoms with Gasteiger partial charge in [0.15, 0.2) is 0 Å². The molecular formula is C17H24N2O2. The first-order valence-corrected chi connectivity index (χ1v) is 7.86. The number of amides is 1. The summed E-state index contributed by atoms with van der Waals surface area (Å²) in [6, 6.07) is 8.60.